The molecule has 2 rings (SSSR count). The first kappa shape index (κ1) is 20.0. The topological polar surface area (TPSA) is 69.2 Å². The van der Waals surface area contributed by atoms with Crippen molar-refractivity contribution in [2.75, 3.05) is 5.75 Å². The van der Waals surface area contributed by atoms with Crippen molar-refractivity contribution in [3.63, 3.8) is 0 Å². The second-order valence-corrected chi connectivity index (χ2v) is 7.24. The average Bonchev–Trinajstić information content (AvgIpc) is 2.56. The van der Waals surface area contributed by atoms with Crippen LogP contribution in [0.2, 0.25) is 0 Å². The molecule has 2 heterocycles. The van der Waals surface area contributed by atoms with Gasteiger partial charge in [-0.3, -0.25) is 4.98 Å². The van der Waals surface area contributed by atoms with Crippen LogP contribution in [0.4, 0.5) is 22.0 Å². The van der Waals surface area contributed by atoms with E-state index in [9.17, 15) is 30.4 Å². The third kappa shape index (κ3) is 4.45. The minimum atomic E-state index is -5.88. The number of halogens is 5. The minimum absolute atomic E-state index is 0.0616. The quantitative estimate of drug-likeness (QED) is 0.696. The number of aromatic nitrogens is 2. The average molecular weight is 395 g/mol. The zero-order chi connectivity index (χ0) is 19.6. The maximum absolute atomic E-state index is 13.3. The normalized spacial score (nSPS) is 12.8. The summed E-state index contributed by atoms with van der Waals surface area (Å²) in [6.45, 7) is 1.22. The van der Waals surface area contributed by atoms with E-state index in [1.54, 1.807) is 12.1 Å². The van der Waals surface area contributed by atoms with Crippen molar-refractivity contribution in [2.24, 2.45) is 0 Å². The number of pyridine rings is 2. The summed E-state index contributed by atoms with van der Waals surface area (Å²) in [6.07, 6.45) is -4.19. The van der Waals surface area contributed by atoms with Crippen molar-refractivity contribution in [2.45, 2.75) is 23.9 Å². The zero-order valence-corrected chi connectivity index (χ0v) is 14.0. The molecule has 0 aliphatic rings. The Morgan fingerprint density at radius 3 is 2.38 bits per heavy atom. The first-order chi connectivity index (χ1) is 12.0. The largest absolute Gasteiger partial charge is 0.454 e. The zero-order valence-electron chi connectivity index (χ0n) is 13.2. The fourth-order valence-electron chi connectivity index (χ4n) is 1.79. The van der Waals surface area contributed by atoms with Gasteiger partial charge in [0.2, 0.25) is 5.88 Å². The van der Waals surface area contributed by atoms with Crippen LogP contribution in [-0.2, 0) is 9.84 Å². The van der Waals surface area contributed by atoms with Crippen molar-refractivity contribution in [3.05, 3.63) is 48.8 Å². The third-order valence-electron chi connectivity index (χ3n) is 3.13. The Hall–Kier alpha value is -2.30. The Labute approximate surface area is 145 Å². The van der Waals surface area contributed by atoms with Crippen LogP contribution in [0.3, 0.4) is 0 Å². The molecule has 11 heteroatoms. The van der Waals surface area contributed by atoms with Gasteiger partial charge in [-0.25, -0.2) is 13.4 Å². The first-order valence-electron chi connectivity index (χ1n) is 7.08. The highest BCUT2D eigenvalue weighted by Crippen LogP contribution is 2.40. The number of hydrogen-bond acceptors (Lipinski definition) is 5. The molecule has 0 aromatic carbocycles. The number of nitrogens with zero attached hydrogens (tertiary/aromatic N) is 2. The molecule has 2 aromatic rings. The second-order valence-electron chi connectivity index (χ2n) is 4.99. The fourth-order valence-corrected chi connectivity index (χ4v) is 2.82. The van der Waals surface area contributed by atoms with Crippen LogP contribution in [-0.4, -0.2) is 36.2 Å². The van der Waals surface area contributed by atoms with Crippen LogP contribution >= 0.6 is 0 Å². The van der Waals surface area contributed by atoms with Gasteiger partial charge in [0.1, 0.15) is 5.75 Å². The van der Waals surface area contributed by atoms with E-state index < -0.39 is 44.7 Å². The van der Waals surface area contributed by atoms with Gasteiger partial charge in [-0.15, -0.1) is 0 Å². The molecule has 0 atom stereocenters. The summed E-state index contributed by atoms with van der Waals surface area (Å²) < 4.78 is 93.2. The molecular weight excluding hydrogens is 383 g/mol. The summed E-state index contributed by atoms with van der Waals surface area (Å²) >= 11 is 0. The fraction of sp³-hybridized carbons (Fsp3) is 0.267. The van der Waals surface area contributed by atoms with Gasteiger partial charge >= 0.3 is 12.1 Å². The van der Waals surface area contributed by atoms with Gasteiger partial charge < -0.3 is 4.74 Å². The van der Waals surface area contributed by atoms with Gasteiger partial charge in [-0.2, -0.15) is 22.0 Å². The molecule has 0 spiro atoms. The van der Waals surface area contributed by atoms with Crippen LogP contribution in [0, 0.1) is 6.42 Å². The molecule has 0 aliphatic heterocycles. The molecule has 0 saturated heterocycles. The number of hydrogen-bond donors (Lipinski definition) is 0. The SMILES string of the molecule is CCS(=O)(=O)c1cc(Oc2ccccn2)cnc1[CH]C(F)(F)C(F)(F)F. The molecule has 0 fully saturated rings. The Morgan fingerprint density at radius 2 is 1.85 bits per heavy atom. The lowest BCUT2D eigenvalue weighted by Crippen LogP contribution is -2.37. The van der Waals surface area contributed by atoms with Crippen molar-refractivity contribution in [1.29, 1.82) is 0 Å². The van der Waals surface area contributed by atoms with Gasteiger partial charge in [0.15, 0.2) is 9.84 Å². The van der Waals surface area contributed by atoms with E-state index in [1.165, 1.54) is 19.2 Å². The summed E-state index contributed by atoms with van der Waals surface area (Å²) in [4.78, 5) is 6.45. The number of alkyl halides is 5. The number of ether oxygens (including phenoxy) is 1. The molecule has 0 unspecified atom stereocenters. The van der Waals surface area contributed by atoms with E-state index in [0.29, 0.717) is 0 Å². The summed E-state index contributed by atoms with van der Waals surface area (Å²) in [7, 11) is -4.16. The highest BCUT2D eigenvalue weighted by molar-refractivity contribution is 7.91. The number of rotatable bonds is 6. The Bertz CT molecular complexity index is 871. The molecule has 141 valence electrons. The Kier molecular flexibility index (Phi) is 5.49. The van der Waals surface area contributed by atoms with E-state index >= 15 is 0 Å². The van der Waals surface area contributed by atoms with E-state index in [-0.39, 0.29) is 11.6 Å². The maximum Gasteiger partial charge on any atom is 0.454 e. The van der Waals surface area contributed by atoms with Crippen LogP contribution in [0.15, 0.2) is 41.6 Å². The van der Waals surface area contributed by atoms with Crippen molar-refractivity contribution in [3.8, 4) is 11.6 Å². The predicted molar refractivity (Wildman–Crippen MR) is 80.7 cm³/mol. The summed E-state index contributed by atoms with van der Waals surface area (Å²) in [5.41, 5.74) is -1.01. The van der Waals surface area contributed by atoms with E-state index in [1.807, 2.05) is 0 Å². The highest BCUT2D eigenvalue weighted by atomic mass is 32.2. The summed E-state index contributed by atoms with van der Waals surface area (Å²) in [6, 6.07) is 5.44. The molecule has 0 N–H and O–H groups in total. The molecule has 2 aromatic heterocycles. The van der Waals surface area contributed by atoms with Crippen molar-refractivity contribution < 1.29 is 35.1 Å². The molecule has 0 bridgehead atoms. The highest BCUT2D eigenvalue weighted by Gasteiger charge is 2.58. The summed E-state index contributed by atoms with van der Waals surface area (Å²) in [5.74, 6) is -5.89. The van der Waals surface area contributed by atoms with Gasteiger partial charge in [-0.05, 0) is 6.07 Å². The van der Waals surface area contributed by atoms with Gasteiger partial charge in [0.05, 0.1) is 29.0 Å². The van der Waals surface area contributed by atoms with Crippen molar-refractivity contribution in [1.82, 2.24) is 9.97 Å². The molecular formula is C15H12F5N2O3S. The number of sulfone groups is 1. The molecule has 5 nitrogen and oxygen atoms in total. The standard InChI is InChI=1S/C15H12F5N2O3S/c1-2-26(23,24)12-7-10(25-13-5-3-4-6-21-13)9-22-11(12)8-14(16,17)15(18,19)20/h3-9H,2H2,1H3. The first-order valence-corrected chi connectivity index (χ1v) is 8.73. The van der Waals surface area contributed by atoms with Crippen LogP contribution in [0.25, 0.3) is 0 Å². The minimum Gasteiger partial charge on any atom is -0.437 e. The smallest absolute Gasteiger partial charge is 0.437 e. The summed E-state index contributed by atoms with van der Waals surface area (Å²) in [5, 5.41) is 0. The Balaban J connectivity index is 2.46. The molecule has 26 heavy (non-hydrogen) atoms. The van der Waals surface area contributed by atoms with Crippen LogP contribution in [0.5, 0.6) is 11.6 Å². The van der Waals surface area contributed by atoms with E-state index in [0.717, 1.165) is 12.3 Å². The maximum atomic E-state index is 13.3. The van der Waals surface area contributed by atoms with Gasteiger partial charge in [0.25, 0.3) is 0 Å². The third-order valence-corrected chi connectivity index (χ3v) is 4.89. The molecule has 0 aliphatic carbocycles. The molecule has 0 amide bonds. The Morgan fingerprint density at radius 1 is 1.15 bits per heavy atom. The lowest BCUT2D eigenvalue weighted by molar-refractivity contribution is -0.265. The predicted octanol–water partition coefficient (Wildman–Crippen LogP) is 3.81. The molecule has 0 saturated carbocycles. The van der Waals surface area contributed by atoms with Crippen LogP contribution < -0.4 is 4.74 Å². The van der Waals surface area contributed by atoms with E-state index in [4.69, 9.17) is 4.74 Å². The van der Waals surface area contributed by atoms with Crippen LogP contribution in [0.1, 0.15) is 12.6 Å². The lowest BCUT2D eigenvalue weighted by Gasteiger charge is -2.20. The van der Waals surface area contributed by atoms with Crippen molar-refractivity contribution >= 4 is 9.84 Å². The lowest BCUT2D eigenvalue weighted by atomic mass is 10.1. The monoisotopic (exact) mass is 395 g/mol. The van der Waals surface area contributed by atoms with Gasteiger partial charge in [-0.1, -0.05) is 13.0 Å². The molecule has 1 radical (unpaired) electrons. The van der Waals surface area contributed by atoms with Gasteiger partial charge in [0, 0.05) is 18.3 Å². The van der Waals surface area contributed by atoms with E-state index in [2.05, 4.69) is 9.97 Å². The second kappa shape index (κ2) is 7.14.